The molecule has 0 bridgehead atoms. The van der Waals surface area contributed by atoms with Crippen LogP contribution in [-0.4, -0.2) is 42.0 Å². The Hall–Kier alpha value is -3.73. The molecule has 14 nitrogen and oxygen atoms in total. The van der Waals surface area contributed by atoms with Gasteiger partial charge in [-0.25, -0.2) is 0 Å². The molecule has 0 atom stereocenters. The molecule has 18 heteroatoms. The minimum Gasteiger partial charge on any atom is -0.321 e. The summed E-state index contributed by atoms with van der Waals surface area (Å²) in [4.78, 5) is 28.5. The highest BCUT2D eigenvalue weighted by atomic mass is 35.5. The molecule has 0 aromatic heterocycles. The summed E-state index contributed by atoms with van der Waals surface area (Å²) < 4.78 is 79.8. The molecule has 0 amide bonds. The average molecular weight is 639 g/mol. The molecule has 212 valence electrons. The van der Waals surface area contributed by atoms with Gasteiger partial charge in [-0.3, -0.25) is 18.5 Å². The van der Waals surface area contributed by atoms with Gasteiger partial charge in [-0.2, -0.15) is 21.9 Å². The summed E-state index contributed by atoms with van der Waals surface area (Å²) in [5.74, 6) is 0. The third-order valence-corrected chi connectivity index (χ3v) is 8.36. The number of fused-ring (bicyclic) bond motifs is 1. The Kier molecular flexibility index (Phi) is 8.31. The fourth-order valence-corrected chi connectivity index (χ4v) is 5.76. The maximum Gasteiger partial charge on any atom is 0.358 e. The first-order valence-electron chi connectivity index (χ1n) is 10.9. The summed E-state index contributed by atoms with van der Waals surface area (Å²) in [6, 6.07) is 13.1. The molecular weight excluding hydrogens is 623 g/mol. The van der Waals surface area contributed by atoms with E-state index in [9.17, 15) is 45.1 Å². The van der Waals surface area contributed by atoms with Gasteiger partial charge in [0, 0.05) is 10.6 Å². The molecule has 0 fully saturated rings. The van der Waals surface area contributed by atoms with Crippen molar-refractivity contribution in [1.82, 2.24) is 0 Å². The van der Waals surface area contributed by atoms with Gasteiger partial charge in [-0.05, 0) is 77.5 Å². The number of benzene rings is 4. The molecule has 0 aliphatic rings. The van der Waals surface area contributed by atoms with E-state index in [0.29, 0.717) is 11.8 Å². The van der Waals surface area contributed by atoms with E-state index in [1.807, 2.05) is 0 Å². The highest BCUT2D eigenvalue weighted by Gasteiger charge is 2.24. The monoisotopic (exact) mass is 638 g/mol. The van der Waals surface area contributed by atoms with E-state index in [0.717, 1.165) is 36.4 Å². The summed E-state index contributed by atoms with van der Waals surface area (Å²) in [6.45, 7) is 0. The summed E-state index contributed by atoms with van der Waals surface area (Å²) in [7, 11) is -14.8. The number of nitrogens with zero attached hydrogens (tertiary/aromatic N) is 4. The Balaban J connectivity index is 1.91. The summed E-state index contributed by atoms with van der Waals surface area (Å²) in [5, 5.41) is 14.7. The first kappa shape index (κ1) is 30.2. The predicted molar refractivity (Wildman–Crippen MR) is 147 cm³/mol. The number of aldehydes is 1. The molecule has 0 heterocycles. The van der Waals surface area contributed by atoms with Crippen LogP contribution >= 0.6 is 19.2 Å². The van der Waals surface area contributed by atoms with Crippen LogP contribution in [0.2, 0.25) is 5.02 Å². The molecule has 0 saturated carbocycles. The van der Waals surface area contributed by atoms with Gasteiger partial charge < -0.3 is 9.79 Å². The Morgan fingerprint density at radius 1 is 0.683 bits per heavy atom. The standard InChI is InChI=1S/C23H16ClN4O10PS2/c24-16-3-6-18(21(11-16)39(30,31)32)26-28-20-8-14-7-19(27-25-17-4-1-13(12-29)2-5-17)22(40(33,34)35)9-15(14)10-23(20)41(36,37)38/h1-12H,(H2,30,31,32)(H,33,34,35)(H,36,37,38). The topological polar surface area (TPSA) is 233 Å². The number of carbonyl (C=O) groups is 1. The van der Waals surface area contributed by atoms with Crippen molar-refractivity contribution in [3.63, 3.8) is 0 Å². The van der Waals surface area contributed by atoms with Crippen molar-refractivity contribution in [2.75, 3.05) is 0 Å². The minimum absolute atomic E-state index is 0.0115. The van der Waals surface area contributed by atoms with E-state index in [1.54, 1.807) is 0 Å². The van der Waals surface area contributed by atoms with Crippen LogP contribution in [0.3, 0.4) is 0 Å². The molecule has 0 spiro atoms. The lowest BCUT2D eigenvalue weighted by atomic mass is 10.1. The van der Waals surface area contributed by atoms with Gasteiger partial charge in [0.1, 0.15) is 33.1 Å². The molecule has 4 N–H and O–H groups in total. The molecule has 4 aromatic carbocycles. The first-order valence-corrected chi connectivity index (χ1v) is 15.7. The zero-order chi connectivity index (χ0) is 30.2. The minimum atomic E-state index is -4.99. The number of rotatable bonds is 8. The zero-order valence-electron chi connectivity index (χ0n) is 20.1. The van der Waals surface area contributed by atoms with Crippen LogP contribution in [0, 0.1) is 0 Å². The van der Waals surface area contributed by atoms with Crippen LogP contribution in [0.5, 0.6) is 0 Å². The number of hydrogen-bond acceptors (Lipinski definition) is 10. The van der Waals surface area contributed by atoms with Gasteiger partial charge in [0.15, 0.2) is 0 Å². The summed E-state index contributed by atoms with van der Waals surface area (Å²) >= 11 is 5.81. The highest BCUT2D eigenvalue weighted by molar-refractivity contribution is 7.86. The van der Waals surface area contributed by atoms with E-state index in [1.165, 1.54) is 30.3 Å². The molecule has 4 rings (SSSR count). The van der Waals surface area contributed by atoms with Crippen LogP contribution in [0.25, 0.3) is 10.8 Å². The second kappa shape index (κ2) is 11.3. The van der Waals surface area contributed by atoms with Crippen LogP contribution in [0.4, 0.5) is 22.7 Å². The highest BCUT2D eigenvalue weighted by Crippen LogP contribution is 2.40. The second-order valence-electron chi connectivity index (χ2n) is 8.22. The molecule has 0 saturated heterocycles. The van der Waals surface area contributed by atoms with E-state index >= 15 is 0 Å². The average Bonchev–Trinajstić information content (AvgIpc) is 2.88. The molecule has 41 heavy (non-hydrogen) atoms. The number of halogens is 1. The molecule has 0 aliphatic carbocycles. The Morgan fingerprint density at radius 3 is 1.66 bits per heavy atom. The third-order valence-electron chi connectivity index (χ3n) is 5.37. The predicted octanol–water partition coefficient (Wildman–Crippen LogP) is 5.43. The van der Waals surface area contributed by atoms with Crippen molar-refractivity contribution in [3.8, 4) is 0 Å². The third kappa shape index (κ3) is 7.13. The largest absolute Gasteiger partial charge is 0.358 e. The van der Waals surface area contributed by atoms with Gasteiger partial charge in [-0.1, -0.05) is 11.6 Å². The molecule has 4 aromatic rings. The SMILES string of the molecule is O=Cc1ccc(N=Nc2cc3cc(N=Nc4ccc(Cl)cc4P(=O)(O)O)c(S(=O)(=O)O)cc3cc2S(=O)(=O)O)cc1. The van der Waals surface area contributed by atoms with Gasteiger partial charge in [0.05, 0.1) is 11.0 Å². The van der Waals surface area contributed by atoms with Crippen molar-refractivity contribution in [3.05, 3.63) is 77.3 Å². The van der Waals surface area contributed by atoms with Gasteiger partial charge in [-0.15, -0.1) is 15.3 Å². The number of carbonyl (C=O) groups excluding carboxylic acids is 1. The van der Waals surface area contributed by atoms with Crippen LogP contribution in [0.1, 0.15) is 10.4 Å². The second-order valence-corrected chi connectivity index (χ2v) is 13.0. The van der Waals surface area contributed by atoms with Gasteiger partial charge >= 0.3 is 7.60 Å². The smallest absolute Gasteiger partial charge is 0.321 e. The Morgan fingerprint density at radius 2 is 1.17 bits per heavy atom. The van der Waals surface area contributed by atoms with Gasteiger partial charge in [0.2, 0.25) is 0 Å². The molecule has 0 unspecified atom stereocenters. The molecule has 0 radical (unpaired) electrons. The fourth-order valence-electron chi connectivity index (χ4n) is 3.51. The summed E-state index contributed by atoms with van der Waals surface area (Å²) in [6.07, 6.45) is 0.608. The lowest BCUT2D eigenvalue weighted by molar-refractivity contribution is 0.112. The number of azo groups is 2. The molecular formula is C23H16ClN4O10PS2. The van der Waals surface area contributed by atoms with Crippen LogP contribution in [0.15, 0.2) is 97.0 Å². The molecule has 0 aliphatic heterocycles. The maximum atomic E-state index is 12.1. The van der Waals surface area contributed by atoms with E-state index in [4.69, 9.17) is 11.6 Å². The van der Waals surface area contributed by atoms with Gasteiger partial charge in [0.25, 0.3) is 20.2 Å². The van der Waals surface area contributed by atoms with E-state index in [-0.39, 0.29) is 32.9 Å². The van der Waals surface area contributed by atoms with Crippen molar-refractivity contribution >= 4 is 84.5 Å². The van der Waals surface area contributed by atoms with Crippen molar-refractivity contribution in [2.45, 2.75) is 9.79 Å². The van der Waals surface area contributed by atoms with Crippen molar-refractivity contribution in [1.29, 1.82) is 0 Å². The zero-order valence-corrected chi connectivity index (χ0v) is 23.4. The van der Waals surface area contributed by atoms with Crippen LogP contribution in [-0.2, 0) is 24.8 Å². The Bertz CT molecular complexity index is 2030. The summed E-state index contributed by atoms with van der Waals surface area (Å²) in [5.41, 5.74) is -0.601. The van der Waals surface area contributed by atoms with Crippen LogP contribution < -0.4 is 5.30 Å². The lowest BCUT2D eigenvalue weighted by Crippen LogP contribution is -2.04. The maximum absolute atomic E-state index is 12.1. The van der Waals surface area contributed by atoms with Crippen molar-refractivity contribution in [2.24, 2.45) is 20.5 Å². The Labute approximate surface area is 236 Å². The quantitative estimate of drug-likeness (QED) is 0.0826. The van der Waals surface area contributed by atoms with E-state index in [2.05, 4.69) is 20.5 Å². The van der Waals surface area contributed by atoms with E-state index < -0.39 is 48.6 Å². The first-order chi connectivity index (χ1) is 19.1. The lowest BCUT2D eigenvalue weighted by Gasteiger charge is -2.10. The normalized spacial score (nSPS) is 12.9. The van der Waals surface area contributed by atoms with Crippen molar-refractivity contribution < 1.29 is 45.1 Å². The fraction of sp³-hybridized carbons (Fsp3) is 0. The number of hydrogen-bond donors (Lipinski definition) is 4.